The van der Waals surface area contributed by atoms with E-state index in [1.165, 1.54) is 7.11 Å². The molecule has 0 aliphatic heterocycles. The predicted molar refractivity (Wildman–Crippen MR) is 49.6 cm³/mol. The molecule has 0 unspecified atom stereocenters. The van der Waals surface area contributed by atoms with Crippen LogP contribution in [0.5, 0.6) is 0 Å². The molecule has 0 saturated carbocycles. The number of carbonyl (C=O) groups excluding carboxylic acids is 1. The quantitative estimate of drug-likeness (QED) is 0.363. The first-order chi connectivity index (χ1) is 6.56. The van der Waals surface area contributed by atoms with E-state index in [0.717, 1.165) is 0 Å². The average molecular weight is 216 g/mol. The van der Waals surface area contributed by atoms with Gasteiger partial charge in [0.15, 0.2) is 0 Å². The van der Waals surface area contributed by atoms with E-state index < -0.39 is 11.5 Å². The highest BCUT2D eigenvalue weighted by Gasteiger charge is 2.10. The number of carbonyl (C=O) groups is 1. The van der Waals surface area contributed by atoms with Crippen molar-refractivity contribution >= 4 is 18.2 Å². The van der Waals surface area contributed by atoms with Crippen molar-refractivity contribution in [2.75, 3.05) is 13.0 Å². The van der Waals surface area contributed by atoms with E-state index >= 15 is 0 Å². The van der Waals surface area contributed by atoms with Crippen molar-refractivity contribution in [1.29, 1.82) is 0 Å². The third-order valence-corrected chi connectivity index (χ3v) is 1.80. The summed E-state index contributed by atoms with van der Waals surface area (Å²) < 4.78 is 5.07. The van der Waals surface area contributed by atoms with Gasteiger partial charge in [0.25, 0.3) is 5.56 Å². The minimum atomic E-state index is -0.612. The van der Waals surface area contributed by atoms with Crippen LogP contribution in [0.3, 0.4) is 0 Å². The van der Waals surface area contributed by atoms with Crippen LogP contribution >= 0.6 is 12.2 Å². The van der Waals surface area contributed by atoms with Crippen molar-refractivity contribution in [3.05, 3.63) is 20.8 Å². The third kappa shape index (κ3) is 1.96. The molecule has 1 aromatic rings. The van der Waals surface area contributed by atoms with Gasteiger partial charge in [0.1, 0.15) is 5.69 Å². The Hall–Kier alpha value is -1.70. The number of nitrogens with two attached hydrogens (primary N) is 1. The molecule has 1 aromatic heterocycles. The first kappa shape index (κ1) is 10.4. The third-order valence-electron chi connectivity index (χ3n) is 1.51. The van der Waals surface area contributed by atoms with Gasteiger partial charge in [0.2, 0.25) is 4.77 Å². The van der Waals surface area contributed by atoms with E-state index in [1.54, 1.807) is 0 Å². The van der Waals surface area contributed by atoms with Crippen LogP contribution in [0, 0.1) is 4.77 Å². The summed E-state index contributed by atoms with van der Waals surface area (Å²) in [6, 6.07) is 0. The monoisotopic (exact) mass is 216 g/mol. The molecule has 1 heterocycles. The van der Waals surface area contributed by atoms with Gasteiger partial charge in [-0.3, -0.25) is 14.7 Å². The van der Waals surface area contributed by atoms with Crippen molar-refractivity contribution < 1.29 is 9.53 Å². The van der Waals surface area contributed by atoms with E-state index in [0.29, 0.717) is 4.68 Å². The number of rotatable bonds is 2. The molecule has 0 amide bonds. The van der Waals surface area contributed by atoms with E-state index in [9.17, 15) is 9.59 Å². The van der Waals surface area contributed by atoms with Crippen LogP contribution in [0.15, 0.2) is 4.79 Å². The number of hydrogen-bond donors (Lipinski definition) is 2. The first-order valence-electron chi connectivity index (χ1n) is 3.58. The number of H-pyrrole nitrogens is 1. The zero-order valence-electron chi connectivity index (χ0n) is 7.31. The Labute approximate surface area is 83.5 Å². The van der Waals surface area contributed by atoms with Gasteiger partial charge in [-0.15, -0.1) is 0 Å². The molecular weight excluding hydrogens is 208 g/mol. The Bertz CT molecular complexity index is 463. The van der Waals surface area contributed by atoms with Gasteiger partial charge < -0.3 is 10.6 Å². The molecule has 0 aliphatic rings. The number of methoxy groups -OCH3 is 1. The summed E-state index contributed by atoms with van der Waals surface area (Å²) in [4.78, 5) is 22.2. The Kier molecular flexibility index (Phi) is 2.97. The SMILES string of the molecule is COC(=O)Cc1n[nH]c(=S)n(N)c1=O. The normalized spacial score (nSPS) is 9.79. The number of aromatic amines is 1. The van der Waals surface area contributed by atoms with Crippen molar-refractivity contribution in [2.45, 2.75) is 6.42 Å². The Morgan fingerprint density at radius 3 is 3.00 bits per heavy atom. The molecule has 0 saturated heterocycles. The predicted octanol–water partition coefficient (Wildman–Crippen LogP) is -1.27. The summed E-state index contributed by atoms with van der Waals surface area (Å²) >= 11 is 4.65. The summed E-state index contributed by atoms with van der Waals surface area (Å²) in [5.41, 5.74) is -0.646. The maximum absolute atomic E-state index is 11.3. The summed E-state index contributed by atoms with van der Waals surface area (Å²) in [7, 11) is 1.22. The standard InChI is InChI=1S/C6H8N4O3S/c1-13-4(11)2-3-5(12)10(7)6(14)9-8-3/h2,7H2,1H3,(H,9,14). The van der Waals surface area contributed by atoms with Gasteiger partial charge in [-0.05, 0) is 12.2 Å². The zero-order chi connectivity index (χ0) is 10.7. The minimum absolute atomic E-state index is 0.0105. The van der Waals surface area contributed by atoms with Gasteiger partial charge in [0, 0.05) is 0 Å². The maximum atomic E-state index is 11.3. The number of esters is 1. The van der Waals surface area contributed by atoms with Gasteiger partial charge in [-0.1, -0.05) is 0 Å². The largest absolute Gasteiger partial charge is 0.469 e. The first-order valence-corrected chi connectivity index (χ1v) is 3.99. The number of nitrogens with one attached hydrogen (secondary N) is 1. The maximum Gasteiger partial charge on any atom is 0.311 e. The number of nitrogen functional groups attached to an aromatic ring is 1. The van der Waals surface area contributed by atoms with Crippen molar-refractivity contribution in [3.8, 4) is 0 Å². The molecular formula is C6H8N4O3S. The van der Waals surface area contributed by atoms with Crippen LogP contribution in [0.1, 0.15) is 5.69 Å². The molecule has 0 aromatic carbocycles. The highest BCUT2D eigenvalue weighted by Crippen LogP contribution is 1.87. The topological polar surface area (TPSA) is 103 Å². The van der Waals surface area contributed by atoms with Crippen LogP contribution in [0.2, 0.25) is 0 Å². The second-order valence-corrected chi connectivity index (χ2v) is 2.79. The lowest BCUT2D eigenvalue weighted by molar-refractivity contribution is -0.139. The van der Waals surface area contributed by atoms with Crippen LogP contribution in [-0.4, -0.2) is 28.0 Å². The fraction of sp³-hybridized carbons (Fsp3) is 0.333. The second-order valence-electron chi connectivity index (χ2n) is 2.40. The summed E-state index contributed by atoms with van der Waals surface area (Å²) in [6.07, 6.45) is -0.237. The lowest BCUT2D eigenvalue weighted by Crippen LogP contribution is -2.33. The molecule has 0 spiro atoms. The van der Waals surface area contributed by atoms with Gasteiger partial charge in [0.05, 0.1) is 13.5 Å². The van der Waals surface area contributed by atoms with Gasteiger partial charge >= 0.3 is 5.97 Å². The molecule has 0 radical (unpaired) electrons. The van der Waals surface area contributed by atoms with E-state index in [-0.39, 0.29) is 16.9 Å². The molecule has 0 fully saturated rings. The van der Waals surface area contributed by atoms with Crippen LogP contribution in [0.4, 0.5) is 0 Å². The fourth-order valence-electron chi connectivity index (χ4n) is 0.772. The second kappa shape index (κ2) is 4.01. The summed E-state index contributed by atoms with van der Waals surface area (Å²) in [6.45, 7) is 0. The lowest BCUT2D eigenvalue weighted by atomic mass is 10.3. The molecule has 3 N–H and O–H groups in total. The molecule has 0 aliphatic carbocycles. The van der Waals surface area contributed by atoms with Crippen LogP contribution in [0.25, 0.3) is 0 Å². The number of nitrogens with zero attached hydrogens (tertiary/aromatic N) is 2. The Balaban J connectivity index is 3.13. The number of hydrogen-bond acceptors (Lipinski definition) is 6. The summed E-state index contributed by atoms with van der Waals surface area (Å²) in [5.74, 6) is 4.71. The molecule has 7 nitrogen and oxygen atoms in total. The van der Waals surface area contributed by atoms with E-state index in [4.69, 9.17) is 5.84 Å². The molecule has 76 valence electrons. The molecule has 0 atom stereocenters. The number of aromatic nitrogens is 3. The Morgan fingerprint density at radius 1 is 1.79 bits per heavy atom. The van der Waals surface area contributed by atoms with Crippen molar-refractivity contribution in [3.63, 3.8) is 0 Å². The lowest BCUT2D eigenvalue weighted by Gasteiger charge is -2.00. The highest BCUT2D eigenvalue weighted by molar-refractivity contribution is 7.71. The smallest absolute Gasteiger partial charge is 0.311 e. The van der Waals surface area contributed by atoms with Crippen molar-refractivity contribution in [2.24, 2.45) is 0 Å². The highest BCUT2D eigenvalue weighted by atomic mass is 32.1. The van der Waals surface area contributed by atoms with Gasteiger partial charge in [-0.25, -0.2) is 0 Å². The van der Waals surface area contributed by atoms with E-state index in [2.05, 4.69) is 27.2 Å². The van der Waals surface area contributed by atoms with Crippen molar-refractivity contribution in [1.82, 2.24) is 14.9 Å². The van der Waals surface area contributed by atoms with Crippen LogP contribution < -0.4 is 11.4 Å². The molecule has 14 heavy (non-hydrogen) atoms. The minimum Gasteiger partial charge on any atom is -0.469 e. The van der Waals surface area contributed by atoms with Gasteiger partial charge in [-0.2, -0.15) is 9.77 Å². The fourth-order valence-corrected chi connectivity index (χ4v) is 0.901. The van der Waals surface area contributed by atoms with Crippen LogP contribution in [-0.2, 0) is 16.0 Å². The Morgan fingerprint density at radius 2 is 2.43 bits per heavy atom. The number of ether oxygens (including phenoxy) is 1. The zero-order valence-corrected chi connectivity index (χ0v) is 8.13. The summed E-state index contributed by atoms with van der Waals surface area (Å²) in [5, 5.41) is 5.92. The van der Waals surface area contributed by atoms with E-state index in [1.807, 2.05) is 0 Å². The molecule has 1 rings (SSSR count). The average Bonchev–Trinajstić information content (AvgIpc) is 2.19. The molecule has 8 heteroatoms. The molecule has 0 bridgehead atoms.